The van der Waals surface area contributed by atoms with Gasteiger partial charge in [-0.3, -0.25) is 9.59 Å². The Morgan fingerprint density at radius 1 is 1.30 bits per heavy atom. The summed E-state index contributed by atoms with van der Waals surface area (Å²) in [7, 11) is 1.39. The van der Waals surface area contributed by atoms with Gasteiger partial charge in [-0.2, -0.15) is 0 Å². The lowest BCUT2D eigenvalue weighted by Gasteiger charge is -2.17. The quantitative estimate of drug-likeness (QED) is 0.633. The standard InChI is InChI=1S/C15H19NO3S/c1-10-8-16(9-12(10)15(18)19-2)14(17)11-6-4-5-7-13(11)20-3/h4-7,10,12H,8-9H2,1-3H3. The van der Waals surface area contributed by atoms with Crippen molar-refractivity contribution in [1.29, 1.82) is 0 Å². The van der Waals surface area contributed by atoms with E-state index in [1.165, 1.54) is 7.11 Å². The topological polar surface area (TPSA) is 46.6 Å². The van der Waals surface area contributed by atoms with E-state index in [2.05, 4.69) is 0 Å². The fraction of sp³-hybridized carbons (Fsp3) is 0.467. The van der Waals surface area contributed by atoms with Crippen LogP contribution in [0.5, 0.6) is 0 Å². The molecule has 1 fully saturated rings. The highest BCUT2D eigenvalue weighted by molar-refractivity contribution is 7.98. The van der Waals surface area contributed by atoms with Crippen LogP contribution in [0.3, 0.4) is 0 Å². The highest BCUT2D eigenvalue weighted by atomic mass is 32.2. The van der Waals surface area contributed by atoms with E-state index < -0.39 is 0 Å². The Balaban J connectivity index is 2.17. The molecule has 0 aliphatic carbocycles. The van der Waals surface area contributed by atoms with Crippen LogP contribution in [0.25, 0.3) is 0 Å². The molecule has 0 radical (unpaired) electrons. The van der Waals surface area contributed by atoms with Gasteiger partial charge in [0.1, 0.15) is 0 Å². The molecule has 1 aromatic carbocycles. The van der Waals surface area contributed by atoms with Gasteiger partial charge in [0.15, 0.2) is 0 Å². The van der Waals surface area contributed by atoms with Gasteiger partial charge in [-0.1, -0.05) is 19.1 Å². The van der Waals surface area contributed by atoms with E-state index in [1.54, 1.807) is 16.7 Å². The molecule has 1 aromatic rings. The Hall–Kier alpha value is -1.49. The van der Waals surface area contributed by atoms with Crippen molar-refractivity contribution in [3.8, 4) is 0 Å². The smallest absolute Gasteiger partial charge is 0.310 e. The van der Waals surface area contributed by atoms with Crippen LogP contribution in [-0.2, 0) is 9.53 Å². The average Bonchev–Trinajstić information content (AvgIpc) is 2.87. The van der Waals surface area contributed by atoms with E-state index in [4.69, 9.17) is 4.74 Å². The van der Waals surface area contributed by atoms with Crippen molar-refractivity contribution in [2.45, 2.75) is 11.8 Å². The number of ether oxygens (including phenoxy) is 1. The number of amides is 1. The van der Waals surface area contributed by atoms with Gasteiger partial charge < -0.3 is 9.64 Å². The predicted octanol–water partition coefficient (Wildman–Crippen LogP) is 2.29. The molecule has 1 saturated heterocycles. The molecule has 5 heteroatoms. The molecule has 2 atom stereocenters. The largest absolute Gasteiger partial charge is 0.469 e. The Morgan fingerprint density at radius 3 is 2.65 bits per heavy atom. The van der Waals surface area contributed by atoms with Crippen molar-refractivity contribution in [2.24, 2.45) is 11.8 Å². The van der Waals surface area contributed by atoms with Gasteiger partial charge in [-0.05, 0) is 24.3 Å². The second kappa shape index (κ2) is 6.31. The van der Waals surface area contributed by atoms with E-state index in [-0.39, 0.29) is 23.7 Å². The molecule has 1 amide bonds. The van der Waals surface area contributed by atoms with Crippen LogP contribution in [0.15, 0.2) is 29.2 Å². The summed E-state index contributed by atoms with van der Waals surface area (Å²) in [6.07, 6.45) is 1.95. The molecule has 0 spiro atoms. The summed E-state index contributed by atoms with van der Waals surface area (Å²) in [6, 6.07) is 7.57. The summed E-state index contributed by atoms with van der Waals surface area (Å²) in [6.45, 7) is 3.02. The molecule has 2 rings (SSSR count). The first-order chi connectivity index (χ1) is 9.58. The van der Waals surface area contributed by atoms with E-state index in [1.807, 2.05) is 37.4 Å². The molecule has 0 aromatic heterocycles. The number of esters is 1. The number of nitrogens with zero attached hydrogens (tertiary/aromatic N) is 1. The van der Waals surface area contributed by atoms with Crippen molar-refractivity contribution in [2.75, 3.05) is 26.5 Å². The van der Waals surface area contributed by atoms with Crippen LogP contribution in [0, 0.1) is 11.8 Å². The van der Waals surface area contributed by atoms with Crippen molar-refractivity contribution >= 4 is 23.6 Å². The first-order valence-electron chi connectivity index (χ1n) is 6.58. The summed E-state index contributed by atoms with van der Waals surface area (Å²) in [5.41, 5.74) is 0.706. The molecule has 2 unspecified atom stereocenters. The van der Waals surface area contributed by atoms with E-state index in [9.17, 15) is 9.59 Å². The first kappa shape index (κ1) is 14.9. The van der Waals surface area contributed by atoms with Crippen LogP contribution in [-0.4, -0.2) is 43.2 Å². The lowest BCUT2D eigenvalue weighted by molar-refractivity contribution is -0.146. The molecule has 4 nitrogen and oxygen atoms in total. The highest BCUT2D eigenvalue weighted by Gasteiger charge is 2.38. The third-order valence-electron chi connectivity index (χ3n) is 3.74. The fourth-order valence-electron chi connectivity index (χ4n) is 2.58. The molecule has 108 valence electrons. The highest BCUT2D eigenvalue weighted by Crippen LogP contribution is 2.28. The fourth-order valence-corrected chi connectivity index (χ4v) is 3.17. The first-order valence-corrected chi connectivity index (χ1v) is 7.81. The second-order valence-corrected chi connectivity index (χ2v) is 5.87. The normalized spacial score (nSPS) is 21.9. The minimum Gasteiger partial charge on any atom is -0.469 e. The van der Waals surface area contributed by atoms with Gasteiger partial charge in [-0.15, -0.1) is 11.8 Å². The minimum absolute atomic E-state index is 0.00629. The van der Waals surface area contributed by atoms with Crippen LogP contribution in [0.1, 0.15) is 17.3 Å². The van der Waals surface area contributed by atoms with Crippen molar-refractivity contribution < 1.29 is 14.3 Å². The number of carbonyl (C=O) groups is 2. The zero-order chi connectivity index (χ0) is 14.7. The zero-order valence-corrected chi connectivity index (χ0v) is 12.8. The number of carbonyl (C=O) groups excluding carboxylic acids is 2. The maximum absolute atomic E-state index is 12.6. The van der Waals surface area contributed by atoms with E-state index in [0.29, 0.717) is 18.7 Å². The van der Waals surface area contributed by atoms with Crippen molar-refractivity contribution in [3.05, 3.63) is 29.8 Å². The summed E-state index contributed by atoms with van der Waals surface area (Å²) < 4.78 is 4.80. The van der Waals surface area contributed by atoms with Gasteiger partial charge in [0.2, 0.25) is 0 Å². The van der Waals surface area contributed by atoms with Gasteiger partial charge in [0.25, 0.3) is 5.91 Å². The number of thioether (sulfide) groups is 1. The number of rotatable bonds is 3. The number of likely N-dealkylation sites (tertiary alicyclic amines) is 1. The summed E-state index contributed by atoms with van der Waals surface area (Å²) in [5.74, 6) is -0.322. The maximum Gasteiger partial charge on any atom is 0.310 e. The van der Waals surface area contributed by atoms with Crippen LogP contribution in [0.2, 0.25) is 0 Å². The Labute approximate surface area is 123 Å². The second-order valence-electron chi connectivity index (χ2n) is 5.02. The Kier molecular flexibility index (Phi) is 4.70. The monoisotopic (exact) mass is 293 g/mol. The predicted molar refractivity (Wildman–Crippen MR) is 78.8 cm³/mol. The van der Waals surface area contributed by atoms with Gasteiger partial charge >= 0.3 is 5.97 Å². The van der Waals surface area contributed by atoms with E-state index in [0.717, 1.165) is 4.90 Å². The minimum atomic E-state index is -0.231. The third-order valence-corrected chi connectivity index (χ3v) is 4.54. The lowest BCUT2D eigenvalue weighted by Crippen LogP contribution is -2.30. The number of methoxy groups -OCH3 is 1. The summed E-state index contributed by atoms with van der Waals surface area (Å²) in [5, 5.41) is 0. The molecular formula is C15H19NO3S. The average molecular weight is 293 g/mol. The van der Waals surface area contributed by atoms with Crippen LogP contribution in [0.4, 0.5) is 0 Å². The summed E-state index contributed by atoms with van der Waals surface area (Å²) in [4.78, 5) is 27.0. The van der Waals surface area contributed by atoms with E-state index >= 15 is 0 Å². The van der Waals surface area contributed by atoms with Crippen molar-refractivity contribution in [1.82, 2.24) is 4.90 Å². The number of hydrogen-bond acceptors (Lipinski definition) is 4. The number of hydrogen-bond donors (Lipinski definition) is 0. The molecule has 0 N–H and O–H groups in total. The van der Waals surface area contributed by atoms with Crippen LogP contribution >= 0.6 is 11.8 Å². The van der Waals surface area contributed by atoms with Gasteiger partial charge in [-0.25, -0.2) is 0 Å². The number of benzene rings is 1. The Morgan fingerprint density at radius 2 is 2.00 bits per heavy atom. The summed E-state index contributed by atoms with van der Waals surface area (Å²) >= 11 is 1.56. The molecule has 1 aliphatic rings. The van der Waals surface area contributed by atoms with Gasteiger partial charge in [0.05, 0.1) is 18.6 Å². The van der Waals surface area contributed by atoms with Gasteiger partial charge in [0, 0.05) is 18.0 Å². The maximum atomic E-state index is 12.6. The lowest BCUT2D eigenvalue weighted by atomic mass is 9.99. The molecule has 0 saturated carbocycles. The molecule has 1 heterocycles. The van der Waals surface area contributed by atoms with Crippen LogP contribution < -0.4 is 0 Å². The Bertz CT molecular complexity index is 518. The molecular weight excluding hydrogens is 274 g/mol. The SMILES string of the molecule is COC(=O)C1CN(C(=O)c2ccccc2SC)CC1C. The zero-order valence-electron chi connectivity index (χ0n) is 12.0. The third kappa shape index (κ3) is 2.82. The molecule has 0 bridgehead atoms. The molecule has 20 heavy (non-hydrogen) atoms. The molecule has 1 aliphatic heterocycles. The van der Waals surface area contributed by atoms with Crippen molar-refractivity contribution in [3.63, 3.8) is 0 Å².